The van der Waals surface area contributed by atoms with Crippen molar-refractivity contribution in [2.45, 2.75) is 18.4 Å². The van der Waals surface area contributed by atoms with Crippen molar-refractivity contribution < 1.29 is 18.9 Å². The van der Waals surface area contributed by atoms with Gasteiger partial charge in [-0.25, -0.2) is 4.98 Å². The van der Waals surface area contributed by atoms with Crippen LogP contribution in [0.5, 0.6) is 11.5 Å². The molecule has 8 heteroatoms. The molecule has 1 N–H and O–H groups in total. The number of ether oxygens (including phenoxy) is 4. The van der Waals surface area contributed by atoms with E-state index in [2.05, 4.69) is 15.2 Å². The highest BCUT2D eigenvalue weighted by atomic mass is 16.8. The fraction of sp³-hybridized carbons (Fsp3) is 0.250. The van der Waals surface area contributed by atoms with Gasteiger partial charge in [-0.05, 0) is 60.2 Å². The summed E-state index contributed by atoms with van der Waals surface area (Å²) >= 11 is 0. The summed E-state index contributed by atoms with van der Waals surface area (Å²) in [5.41, 5.74) is 2.93. The SMILES string of the molecule is COc1ccc(C2(Cn3ccnc3)OCC(COc3ccc(-c4ccn[nH]4)cc3)O2)cc1. The van der Waals surface area contributed by atoms with Gasteiger partial charge >= 0.3 is 0 Å². The Morgan fingerprint density at radius 2 is 1.88 bits per heavy atom. The summed E-state index contributed by atoms with van der Waals surface area (Å²) in [6.45, 7) is 1.28. The standard InChI is InChI=1S/C24H24N4O4/c1-29-20-8-4-19(5-9-20)24(16-28-13-12-25-17-28)31-15-22(32-24)14-30-21-6-2-18(3-7-21)23-10-11-26-27-23/h2-13,17,22H,14-16H2,1H3,(H,26,27). The summed E-state index contributed by atoms with van der Waals surface area (Å²) < 4.78 is 25.9. The van der Waals surface area contributed by atoms with Crippen LogP contribution in [0, 0.1) is 0 Å². The van der Waals surface area contributed by atoms with Crippen LogP contribution in [-0.2, 0) is 21.8 Å². The van der Waals surface area contributed by atoms with Crippen LogP contribution < -0.4 is 9.47 Å². The number of hydrogen-bond acceptors (Lipinski definition) is 6. The molecule has 2 aromatic carbocycles. The van der Waals surface area contributed by atoms with E-state index in [1.165, 1.54) is 0 Å². The number of rotatable bonds is 8. The molecule has 1 aliphatic heterocycles. The average Bonchev–Trinajstić information content (AvgIpc) is 3.62. The molecule has 4 aromatic rings. The van der Waals surface area contributed by atoms with Gasteiger partial charge in [-0.1, -0.05) is 0 Å². The second-order valence-electron chi connectivity index (χ2n) is 7.57. The molecule has 32 heavy (non-hydrogen) atoms. The van der Waals surface area contributed by atoms with Crippen LogP contribution in [-0.4, -0.2) is 46.2 Å². The maximum absolute atomic E-state index is 6.44. The molecular formula is C24H24N4O4. The van der Waals surface area contributed by atoms with Crippen LogP contribution in [0.4, 0.5) is 0 Å². The first-order valence-electron chi connectivity index (χ1n) is 10.4. The van der Waals surface area contributed by atoms with Crippen LogP contribution in [0.3, 0.4) is 0 Å². The van der Waals surface area contributed by atoms with Crippen molar-refractivity contribution in [2.75, 3.05) is 20.3 Å². The molecule has 5 rings (SSSR count). The molecule has 164 valence electrons. The summed E-state index contributed by atoms with van der Waals surface area (Å²) in [6, 6.07) is 17.5. The van der Waals surface area contributed by atoms with Crippen molar-refractivity contribution >= 4 is 0 Å². The first kappa shape index (κ1) is 20.3. The predicted octanol–water partition coefficient (Wildman–Crippen LogP) is 3.63. The van der Waals surface area contributed by atoms with Crippen molar-refractivity contribution in [3.63, 3.8) is 0 Å². The maximum atomic E-state index is 6.44. The van der Waals surface area contributed by atoms with Gasteiger partial charge in [0, 0.05) is 24.2 Å². The first-order chi connectivity index (χ1) is 15.7. The number of nitrogens with one attached hydrogen (secondary N) is 1. The average molecular weight is 432 g/mol. The van der Waals surface area contributed by atoms with Crippen LogP contribution in [0.25, 0.3) is 11.3 Å². The van der Waals surface area contributed by atoms with E-state index in [4.69, 9.17) is 18.9 Å². The largest absolute Gasteiger partial charge is 0.497 e. The second-order valence-corrected chi connectivity index (χ2v) is 7.57. The van der Waals surface area contributed by atoms with E-state index in [0.717, 1.165) is 28.3 Å². The van der Waals surface area contributed by atoms with Crippen LogP contribution in [0.2, 0.25) is 0 Å². The Labute approximate surface area is 185 Å². The summed E-state index contributed by atoms with van der Waals surface area (Å²) in [4.78, 5) is 4.14. The number of aromatic amines is 1. The van der Waals surface area contributed by atoms with Crippen LogP contribution >= 0.6 is 0 Å². The molecule has 2 unspecified atom stereocenters. The van der Waals surface area contributed by atoms with E-state index in [0.29, 0.717) is 19.8 Å². The summed E-state index contributed by atoms with van der Waals surface area (Å²) in [6.07, 6.45) is 6.90. The van der Waals surface area contributed by atoms with Crippen LogP contribution in [0.1, 0.15) is 5.56 Å². The number of nitrogens with zero attached hydrogens (tertiary/aromatic N) is 3. The fourth-order valence-electron chi connectivity index (χ4n) is 3.77. The van der Waals surface area contributed by atoms with E-state index >= 15 is 0 Å². The van der Waals surface area contributed by atoms with E-state index in [1.54, 1.807) is 25.8 Å². The lowest BCUT2D eigenvalue weighted by Gasteiger charge is -2.29. The van der Waals surface area contributed by atoms with Gasteiger partial charge in [0.15, 0.2) is 0 Å². The molecule has 1 aliphatic rings. The quantitative estimate of drug-likeness (QED) is 0.458. The number of H-pyrrole nitrogens is 1. The van der Waals surface area contributed by atoms with Gasteiger partial charge in [0.1, 0.15) is 24.2 Å². The Morgan fingerprint density at radius 3 is 2.56 bits per heavy atom. The molecule has 0 amide bonds. The van der Waals surface area contributed by atoms with Gasteiger partial charge in [-0.2, -0.15) is 5.10 Å². The number of imidazole rings is 1. The van der Waals surface area contributed by atoms with E-state index < -0.39 is 5.79 Å². The van der Waals surface area contributed by atoms with E-state index in [-0.39, 0.29) is 6.10 Å². The van der Waals surface area contributed by atoms with Crippen molar-refractivity contribution in [3.05, 3.63) is 85.1 Å². The lowest BCUT2D eigenvalue weighted by atomic mass is 10.1. The molecule has 3 heterocycles. The van der Waals surface area contributed by atoms with Crippen molar-refractivity contribution in [1.82, 2.24) is 19.7 Å². The minimum Gasteiger partial charge on any atom is -0.497 e. The highest BCUT2D eigenvalue weighted by molar-refractivity contribution is 5.59. The summed E-state index contributed by atoms with van der Waals surface area (Å²) in [7, 11) is 1.65. The predicted molar refractivity (Wildman–Crippen MR) is 117 cm³/mol. The Hall–Kier alpha value is -3.62. The number of hydrogen-bond donors (Lipinski definition) is 1. The third-order valence-corrected chi connectivity index (χ3v) is 5.44. The molecule has 1 fully saturated rings. The third kappa shape index (κ3) is 4.23. The lowest BCUT2D eigenvalue weighted by molar-refractivity contribution is -0.189. The fourth-order valence-corrected chi connectivity index (χ4v) is 3.77. The Morgan fingerprint density at radius 1 is 1.06 bits per heavy atom. The molecule has 0 spiro atoms. The first-order valence-corrected chi connectivity index (χ1v) is 10.4. The van der Waals surface area contributed by atoms with E-state index in [1.807, 2.05) is 65.4 Å². The monoisotopic (exact) mass is 432 g/mol. The molecule has 0 aliphatic carbocycles. The minimum atomic E-state index is -0.925. The zero-order chi connectivity index (χ0) is 21.8. The Balaban J connectivity index is 1.27. The summed E-state index contributed by atoms with van der Waals surface area (Å²) in [5.74, 6) is 0.627. The van der Waals surface area contributed by atoms with Crippen molar-refractivity contribution in [2.24, 2.45) is 0 Å². The molecule has 0 saturated carbocycles. The molecule has 2 aromatic heterocycles. The van der Waals surface area contributed by atoms with Gasteiger partial charge in [-0.15, -0.1) is 0 Å². The molecule has 0 radical (unpaired) electrons. The number of benzene rings is 2. The zero-order valence-electron chi connectivity index (χ0n) is 17.7. The molecular weight excluding hydrogens is 408 g/mol. The summed E-state index contributed by atoms with van der Waals surface area (Å²) in [5, 5.41) is 6.94. The van der Waals surface area contributed by atoms with Crippen molar-refractivity contribution in [1.29, 1.82) is 0 Å². The lowest BCUT2D eigenvalue weighted by Crippen LogP contribution is -2.34. The highest BCUT2D eigenvalue weighted by Crippen LogP contribution is 2.37. The molecule has 0 bridgehead atoms. The number of methoxy groups -OCH3 is 1. The normalized spacial score (nSPS) is 20.3. The number of aromatic nitrogens is 4. The topological polar surface area (TPSA) is 83.4 Å². The van der Waals surface area contributed by atoms with Gasteiger partial charge in [-0.3, -0.25) is 5.10 Å². The Bertz CT molecular complexity index is 1110. The van der Waals surface area contributed by atoms with E-state index in [9.17, 15) is 0 Å². The van der Waals surface area contributed by atoms with Gasteiger partial charge < -0.3 is 23.5 Å². The third-order valence-electron chi connectivity index (χ3n) is 5.44. The molecule has 1 saturated heterocycles. The molecule has 8 nitrogen and oxygen atoms in total. The van der Waals surface area contributed by atoms with Crippen molar-refractivity contribution in [3.8, 4) is 22.8 Å². The Kier molecular flexibility index (Phi) is 5.62. The zero-order valence-corrected chi connectivity index (χ0v) is 17.7. The molecule has 2 atom stereocenters. The smallest absolute Gasteiger partial charge is 0.214 e. The van der Waals surface area contributed by atoms with Gasteiger partial charge in [0.2, 0.25) is 5.79 Å². The van der Waals surface area contributed by atoms with Gasteiger partial charge in [0.05, 0.1) is 32.3 Å². The highest BCUT2D eigenvalue weighted by Gasteiger charge is 2.44. The second kappa shape index (κ2) is 8.86. The maximum Gasteiger partial charge on any atom is 0.214 e. The van der Waals surface area contributed by atoms with Crippen LogP contribution in [0.15, 0.2) is 79.5 Å². The van der Waals surface area contributed by atoms with Gasteiger partial charge in [0.25, 0.3) is 0 Å². The minimum absolute atomic E-state index is 0.215.